The molecule has 1 amide bonds. The number of hydrogen-bond donors (Lipinski definition) is 1. The third-order valence-electron chi connectivity index (χ3n) is 12.3. The van der Waals surface area contributed by atoms with Crippen molar-refractivity contribution in [2.75, 3.05) is 7.05 Å². The number of fused-ring (bicyclic) bond motifs is 6. The van der Waals surface area contributed by atoms with Gasteiger partial charge in [0.1, 0.15) is 5.92 Å². The second kappa shape index (κ2) is 7.67. The van der Waals surface area contributed by atoms with Crippen LogP contribution in [0.5, 0.6) is 0 Å². The summed E-state index contributed by atoms with van der Waals surface area (Å²) in [4.78, 5) is 41.1. The molecule has 5 aliphatic rings. The van der Waals surface area contributed by atoms with Gasteiger partial charge in [-0.15, -0.1) is 0 Å². The zero-order valence-electron chi connectivity index (χ0n) is 24.1. The largest absolute Gasteiger partial charge is 0.358 e. The van der Waals surface area contributed by atoms with Crippen LogP contribution in [-0.2, 0) is 14.4 Å². The van der Waals surface area contributed by atoms with Gasteiger partial charge in [-0.1, -0.05) is 54.0 Å². The molecule has 0 saturated heterocycles. The van der Waals surface area contributed by atoms with Gasteiger partial charge in [0.25, 0.3) is 0 Å². The lowest BCUT2D eigenvalue weighted by Crippen LogP contribution is -2.62. The molecule has 0 heterocycles. The van der Waals surface area contributed by atoms with Crippen molar-refractivity contribution in [3.8, 4) is 6.07 Å². The van der Waals surface area contributed by atoms with Crippen LogP contribution in [0.3, 0.4) is 0 Å². The highest BCUT2D eigenvalue weighted by Crippen LogP contribution is 2.73. The summed E-state index contributed by atoms with van der Waals surface area (Å²) in [7, 11) is 1.72. The summed E-state index contributed by atoms with van der Waals surface area (Å²) in [5, 5.41) is 12.9. The first-order chi connectivity index (χ1) is 17.0. The topological polar surface area (TPSA) is 87.0 Å². The molecule has 5 rings (SSSR count). The van der Waals surface area contributed by atoms with Gasteiger partial charge in [0.15, 0.2) is 11.6 Å². The fourth-order valence-corrected chi connectivity index (χ4v) is 10.00. The van der Waals surface area contributed by atoms with E-state index in [9.17, 15) is 19.6 Å². The molecule has 5 nitrogen and oxygen atoms in total. The van der Waals surface area contributed by atoms with Crippen LogP contribution in [0.4, 0.5) is 0 Å². The molecule has 0 aromatic carbocycles. The van der Waals surface area contributed by atoms with Crippen LogP contribution in [0.1, 0.15) is 99.8 Å². The lowest BCUT2D eigenvalue weighted by Gasteiger charge is -2.66. The Balaban J connectivity index is 1.75. The Labute approximate surface area is 222 Å². The summed E-state index contributed by atoms with van der Waals surface area (Å²) in [6.07, 6.45) is 8.29. The van der Waals surface area contributed by atoms with Crippen LogP contribution in [0.15, 0.2) is 22.8 Å². The lowest BCUT2D eigenvalue weighted by atomic mass is 9.36. The molecule has 0 aliphatic heterocycles. The van der Waals surface area contributed by atoms with Crippen molar-refractivity contribution in [1.29, 1.82) is 5.26 Å². The molecule has 0 radical (unpaired) electrons. The van der Waals surface area contributed by atoms with Crippen molar-refractivity contribution < 1.29 is 14.4 Å². The second-order valence-corrected chi connectivity index (χ2v) is 14.9. The third-order valence-corrected chi connectivity index (χ3v) is 12.3. The molecule has 0 aromatic rings. The van der Waals surface area contributed by atoms with Gasteiger partial charge in [-0.3, -0.25) is 14.4 Å². The highest BCUT2D eigenvalue weighted by atomic mass is 16.2. The summed E-state index contributed by atoms with van der Waals surface area (Å²) < 4.78 is 0. The van der Waals surface area contributed by atoms with E-state index in [0.29, 0.717) is 6.42 Å². The normalized spacial score (nSPS) is 43.9. The number of nitrogens with zero attached hydrogens (tertiary/aromatic N) is 1. The molecule has 6 atom stereocenters. The van der Waals surface area contributed by atoms with Crippen LogP contribution in [0.25, 0.3) is 0 Å². The van der Waals surface area contributed by atoms with Crippen LogP contribution < -0.4 is 5.32 Å². The van der Waals surface area contributed by atoms with Crippen molar-refractivity contribution in [3.63, 3.8) is 0 Å². The number of hydrogen-bond acceptors (Lipinski definition) is 4. The van der Waals surface area contributed by atoms with Crippen LogP contribution in [-0.4, -0.2) is 24.5 Å². The number of rotatable bonds is 1. The van der Waals surface area contributed by atoms with E-state index in [2.05, 4.69) is 46.0 Å². The van der Waals surface area contributed by atoms with Gasteiger partial charge in [-0.05, 0) is 85.2 Å². The molecule has 1 unspecified atom stereocenters. The van der Waals surface area contributed by atoms with Gasteiger partial charge in [0.2, 0.25) is 5.91 Å². The molecule has 5 heteroatoms. The van der Waals surface area contributed by atoms with Crippen LogP contribution >= 0.6 is 0 Å². The van der Waals surface area contributed by atoms with E-state index >= 15 is 0 Å². The first-order valence-corrected chi connectivity index (χ1v) is 14.2. The molecule has 3 fully saturated rings. The maximum Gasteiger partial charge on any atom is 0.230 e. The third kappa shape index (κ3) is 3.11. The summed E-state index contributed by atoms with van der Waals surface area (Å²) in [5.41, 5.74) is 0.941. The SMILES string of the molecule is CNC(=O)[C@]12CCC(C)(C)CC1=C1C(=O)C=C3[C@@]4(C)CC(C#N)C(=O)C(C)(C)[C@@H]4CC[C@@]3(C)[C@]1(C)CC2. The monoisotopic (exact) mass is 504 g/mol. The van der Waals surface area contributed by atoms with Crippen molar-refractivity contribution in [3.05, 3.63) is 22.8 Å². The average Bonchev–Trinajstić information content (AvgIpc) is 2.82. The zero-order chi connectivity index (χ0) is 27.4. The predicted octanol–water partition coefficient (Wildman–Crippen LogP) is 6.10. The maximum atomic E-state index is 14.3. The minimum absolute atomic E-state index is 0.0424. The Morgan fingerprint density at radius 1 is 0.973 bits per heavy atom. The Morgan fingerprint density at radius 3 is 2.24 bits per heavy atom. The fourth-order valence-electron chi connectivity index (χ4n) is 10.00. The minimum atomic E-state index is -0.645. The van der Waals surface area contributed by atoms with Gasteiger partial charge in [-0.2, -0.15) is 5.26 Å². The summed E-state index contributed by atoms with van der Waals surface area (Å²) >= 11 is 0. The van der Waals surface area contributed by atoms with E-state index in [1.807, 2.05) is 19.9 Å². The lowest BCUT2D eigenvalue weighted by molar-refractivity contribution is -0.148. The number of nitrogens with one attached hydrogen (secondary N) is 1. The number of amides is 1. The molecule has 0 aromatic heterocycles. The van der Waals surface area contributed by atoms with E-state index in [1.165, 1.54) is 0 Å². The Hall–Kier alpha value is -2.22. The molecule has 3 saturated carbocycles. The fraction of sp³-hybridized carbons (Fsp3) is 0.750. The van der Waals surface area contributed by atoms with E-state index in [1.54, 1.807) is 7.05 Å². The van der Waals surface area contributed by atoms with E-state index < -0.39 is 16.7 Å². The van der Waals surface area contributed by atoms with E-state index in [4.69, 9.17) is 0 Å². The molecule has 1 N–H and O–H groups in total. The molecule has 0 spiro atoms. The van der Waals surface area contributed by atoms with Gasteiger partial charge in [0, 0.05) is 23.5 Å². The summed E-state index contributed by atoms with van der Waals surface area (Å²) in [5.74, 6) is -0.380. The first-order valence-electron chi connectivity index (χ1n) is 14.2. The summed E-state index contributed by atoms with van der Waals surface area (Å²) in [6, 6.07) is 2.31. The number of Topliss-reactive ketones (excluding diaryl/α,β-unsaturated/α-hetero) is 1. The molecule has 37 heavy (non-hydrogen) atoms. The van der Waals surface area contributed by atoms with Gasteiger partial charge < -0.3 is 5.32 Å². The zero-order valence-corrected chi connectivity index (χ0v) is 24.1. The molecule has 200 valence electrons. The average molecular weight is 505 g/mol. The molecular formula is C32H44N2O3. The smallest absolute Gasteiger partial charge is 0.230 e. The first kappa shape index (κ1) is 26.4. The number of allylic oxidation sites excluding steroid dienone is 3. The molecule has 5 aliphatic carbocycles. The summed E-state index contributed by atoms with van der Waals surface area (Å²) in [6.45, 7) is 15.4. The molecular weight excluding hydrogens is 460 g/mol. The highest BCUT2D eigenvalue weighted by molar-refractivity contribution is 6.09. The number of carbonyl (C=O) groups excluding carboxylic acids is 3. The second-order valence-electron chi connectivity index (χ2n) is 14.9. The minimum Gasteiger partial charge on any atom is -0.358 e. The van der Waals surface area contributed by atoms with Crippen molar-refractivity contribution >= 4 is 17.5 Å². The predicted molar refractivity (Wildman–Crippen MR) is 143 cm³/mol. The van der Waals surface area contributed by atoms with Gasteiger partial charge in [-0.25, -0.2) is 0 Å². The quantitative estimate of drug-likeness (QED) is 0.468. The Kier molecular flexibility index (Phi) is 5.47. The van der Waals surface area contributed by atoms with Crippen molar-refractivity contribution in [2.24, 2.45) is 44.3 Å². The van der Waals surface area contributed by atoms with Crippen molar-refractivity contribution in [2.45, 2.75) is 99.8 Å². The Morgan fingerprint density at radius 2 is 1.62 bits per heavy atom. The van der Waals surface area contributed by atoms with E-state index in [-0.39, 0.29) is 45.1 Å². The van der Waals surface area contributed by atoms with Crippen LogP contribution in [0.2, 0.25) is 0 Å². The highest BCUT2D eigenvalue weighted by Gasteiger charge is 2.68. The van der Waals surface area contributed by atoms with Gasteiger partial charge in [0.05, 0.1) is 11.5 Å². The number of nitriles is 1. The van der Waals surface area contributed by atoms with Gasteiger partial charge >= 0.3 is 0 Å². The standard InChI is InChI=1S/C32H44N2O3/c1-27(2)11-13-32(26(37)34-8)14-12-31(7)24(20(32)17-27)21(35)15-23-29(5)16-19(18-33)25(36)28(3,4)22(29)9-10-30(23,31)6/h15,19,22H,9-14,16-17H2,1-8H3,(H,34,37)/t19?,22-,29-,30+,31+,32-/m0/s1. The maximum absolute atomic E-state index is 14.3. The molecule has 0 bridgehead atoms. The number of carbonyl (C=O) groups is 3. The van der Waals surface area contributed by atoms with E-state index in [0.717, 1.165) is 61.7 Å². The number of ketones is 2. The van der Waals surface area contributed by atoms with Crippen molar-refractivity contribution in [1.82, 2.24) is 5.32 Å². The van der Waals surface area contributed by atoms with Crippen LogP contribution in [0, 0.1) is 55.7 Å². The Bertz CT molecular complexity index is 1210.